The Morgan fingerprint density at radius 1 is 1.36 bits per heavy atom. The van der Waals surface area contributed by atoms with Crippen molar-refractivity contribution in [2.75, 3.05) is 7.05 Å². The van der Waals surface area contributed by atoms with Gasteiger partial charge in [0.25, 0.3) is 0 Å². The van der Waals surface area contributed by atoms with Crippen LogP contribution in [-0.4, -0.2) is 7.05 Å². The fourth-order valence-electron chi connectivity index (χ4n) is 1.49. The standard InChI is InChI=1S/C11H13NOS/c1-8-5-6-9(13-8)11(12-2)10-4-3-7-14-10/h3-7,11-12H,1-2H3. The molecule has 0 aliphatic heterocycles. The van der Waals surface area contributed by atoms with E-state index in [4.69, 9.17) is 4.42 Å². The van der Waals surface area contributed by atoms with Crippen LogP contribution in [0, 0.1) is 6.92 Å². The van der Waals surface area contributed by atoms with Crippen molar-refractivity contribution in [2.45, 2.75) is 13.0 Å². The molecule has 3 heteroatoms. The summed E-state index contributed by atoms with van der Waals surface area (Å²) < 4.78 is 5.60. The van der Waals surface area contributed by atoms with E-state index in [2.05, 4.69) is 22.8 Å². The van der Waals surface area contributed by atoms with Crippen LogP contribution in [0.2, 0.25) is 0 Å². The normalized spacial score (nSPS) is 13.0. The summed E-state index contributed by atoms with van der Waals surface area (Å²) in [6.07, 6.45) is 0. The van der Waals surface area contributed by atoms with Crippen LogP contribution < -0.4 is 5.32 Å². The van der Waals surface area contributed by atoms with Gasteiger partial charge >= 0.3 is 0 Å². The van der Waals surface area contributed by atoms with E-state index in [1.165, 1.54) is 4.88 Å². The maximum Gasteiger partial charge on any atom is 0.126 e. The Bertz CT molecular complexity index is 391. The van der Waals surface area contributed by atoms with Gasteiger partial charge in [-0.15, -0.1) is 11.3 Å². The summed E-state index contributed by atoms with van der Waals surface area (Å²) in [5.41, 5.74) is 0. The molecule has 14 heavy (non-hydrogen) atoms. The van der Waals surface area contributed by atoms with Crippen molar-refractivity contribution in [2.24, 2.45) is 0 Å². The van der Waals surface area contributed by atoms with Crippen molar-refractivity contribution in [1.29, 1.82) is 0 Å². The first-order valence-corrected chi connectivity index (χ1v) is 5.46. The third-order valence-corrected chi connectivity index (χ3v) is 3.10. The van der Waals surface area contributed by atoms with E-state index in [1.807, 2.05) is 26.1 Å². The summed E-state index contributed by atoms with van der Waals surface area (Å²) in [7, 11) is 1.95. The molecule has 0 aliphatic rings. The SMILES string of the molecule is CNC(c1ccc(C)o1)c1cccs1. The van der Waals surface area contributed by atoms with E-state index in [0.29, 0.717) is 0 Å². The molecule has 0 saturated heterocycles. The maximum absolute atomic E-state index is 5.60. The first-order chi connectivity index (χ1) is 6.81. The summed E-state index contributed by atoms with van der Waals surface area (Å²) >= 11 is 1.74. The fourth-order valence-corrected chi connectivity index (χ4v) is 2.33. The van der Waals surface area contributed by atoms with E-state index < -0.39 is 0 Å². The van der Waals surface area contributed by atoms with Crippen LogP contribution >= 0.6 is 11.3 Å². The molecule has 1 unspecified atom stereocenters. The van der Waals surface area contributed by atoms with Gasteiger partial charge in [0.15, 0.2) is 0 Å². The van der Waals surface area contributed by atoms with Crippen molar-refractivity contribution in [1.82, 2.24) is 5.32 Å². The zero-order valence-corrected chi connectivity index (χ0v) is 9.10. The van der Waals surface area contributed by atoms with Gasteiger partial charge in [-0.3, -0.25) is 0 Å². The zero-order chi connectivity index (χ0) is 9.97. The number of hydrogen-bond donors (Lipinski definition) is 1. The van der Waals surface area contributed by atoms with Crippen molar-refractivity contribution in [3.8, 4) is 0 Å². The van der Waals surface area contributed by atoms with E-state index in [1.54, 1.807) is 11.3 Å². The quantitative estimate of drug-likeness (QED) is 0.837. The first kappa shape index (κ1) is 9.49. The van der Waals surface area contributed by atoms with Crippen molar-refractivity contribution < 1.29 is 4.42 Å². The van der Waals surface area contributed by atoms with Gasteiger partial charge < -0.3 is 9.73 Å². The van der Waals surface area contributed by atoms with Gasteiger partial charge in [0.05, 0.1) is 0 Å². The summed E-state index contributed by atoms with van der Waals surface area (Å²) in [6.45, 7) is 1.96. The number of thiophene rings is 1. The lowest BCUT2D eigenvalue weighted by Gasteiger charge is -2.10. The lowest BCUT2D eigenvalue weighted by Crippen LogP contribution is -2.15. The summed E-state index contributed by atoms with van der Waals surface area (Å²) in [6, 6.07) is 8.37. The van der Waals surface area contributed by atoms with Gasteiger partial charge in [-0.1, -0.05) is 6.07 Å². The smallest absolute Gasteiger partial charge is 0.126 e. The van der Waals surface area contributed by atoms with Crippen molar-refractivity contribution in [3.05, 3.63) is 46.0 Å². The summed E-state index contributed by atoms with van der Waals surface area (Å²) in [4.78, 5) is 1.28. The number of rotatable bonds is 3. The summed E-state index contributed by atoms with van der Waals surface area (Å²) in [5, 5.41) is 5.33. The van der Waals surface area contributed by atoms with Gasteiger partial charge in [-0.25, -0.2) is 0 Å². The minimum absolute atomic E-state index is 0.184. The predicted octanol–water partition coefficient (Wildman–Crippen LogP) is 2.96. The molecule has 0 spiro atoms. The molecule has 74 valence electrons. The molecule has 1 atom stereocenters. The molecule has 2 aromatic heterocycles. The average molecular weight is 207 g/mol. The van der Waals surface area contributed by atoms with Crippen LogP contribution in [0.3, 0.4) is 0 Å². The minimum Gasteiger partial charge on any atom is -0.464 e. The number of hydrogen-bond acceptors (Lipinski definition) is 3. The Balaban J connectivity index is 2.31. The number of furan rings is 1. The van der Waals surface area contributed by atoms with Crippen LogP contribution in [0.5, 0.6) is 0 Å². The second-order valence-corrected chi connectivity index (χ2v) is 4.16. The molecule has 0 radical (unpaired) electrons. The third-order valence-electron chi connectivity index (χ3n) is 2.16. The lowest BCUT2D eigenvalue weighted by atomic mass is 10.2. The molecule has 0 amide bonds. The Labute approximate surface area is 87.6 Å². The number of aryl methyl sites for hydroxylation is 1. The molecular weight excluding hydrogens is 194 g/mol. The van der Waals surface area contributed by atoms with Gasteiger partial charge in [0, 0.05) is 4.88 Å². The van der Waals surface area contributed by atoms with Gasteiger partial charge in [-0.2, -0.15) is 0 Å². The Kier molecular flexibility index (Phi) is 2.70. The largest absolute Gasteiger partial charge is 0.464 e. The van der Waals surface area contributed by atoms with Crippen LogP contribution in [0.15, 0.2) is 34.1 Å². The van der Waals surface area contributed by atoms with E-state index >= 15 is 0 Å². The topological polar surface area (TPSA) is 25.2 Å². The Hall–Kier alpha value is -1.06. The molecule has 0 saturated carbocycles. The predicted molar refractivity (Wildman–Crippen MR) is 58.7 cm³/mol. The molecule has 0 bridgehead atoms. The molecule has 0 aromatic carbocycles. The average Bonchev–Trinajstić information content (AvgIpc) is 2.79. The lowest BCUT2D eigenvalue weighted by molar-refractivity contribution is 0.446. The highest BCUT2D eigenvalue weighted by Gasteiger charge is 2.15. The van der Waals surface area contributed by atoms with E-state index in [-0.39, 0.29) is 6.04 Å². The second kappa shape index (κ2) is 3.98. The van der Waals surface area contributed by atoms with Gasteiger partial charge in [-0.05, 0) is 37.6 Å². The van der Waals surface area contributed by atoms with Gasteiger partial charge in [0.2, 0.25) is 0 Å². The first-order valence-electron chi connectivity index (χ1n) is 4.58. The molecule has 0 fully saturated rings. The molecular formula is C11H13NOS. The second-order valence-electron chi connectivity index (χ2n) is 3.19. The molecule has 2 nitrogen and oxygen atoms in total. The molecule has 2 heterocycles. The highest BCUT2D eigenvalue weighted by Crippen LogP contribution is 2.26. The van der Waals surface area contributed by atoms with Crippen LogP contribution in [0.1, 0.15) is 22.4 Å². The fraction of sp³-hybridized carbons (Fsp3) is 0.273. The van der Waals surface area contributed by atoms with Crippen molar-refractivity contribution in [3.63, 3.8) is 0 Å². The van der Waals surface area contributed by atoms with E-state index in [9.17, 15) is 0 Å². The Morgan fingerprint density at radius 3 is 2.71 bits per heavy atom. The number of nitrogens with one attached hydrogen (secondary N) is 1. The van der Waals surface area contributed by atoms with E-state index in [0.717, 1.165) is 11.5 Å². The van der Waals surface area contributed by atoms with Crippen LogP contribution in [0.4, 0.5) is 0 Å². The molecule has 2 aromatic rings. The minimum atomic E-state index is 0.184. The highest BCUT2D eigenvalue weighted by atomic mass is 32.1. The van der Waals surface area contributed by atoms with Gasteiger partial charge in [0.1, 0.15) is 17.6 Å². The molecule has 2 rings (SSSR count). The zero-order valence-electron chi connectivity index (χ0n) is 8.28. The van der Waals surface area contributed by atoms with Crippen molar-refractivity contribution >= 4 is 11.3 Å². The van der Waals surface area contributed by atoms with Crippen LogP contribution in [0.25, 0.3) is 0 Å². The maximum atomic E-state index is 5.60. The molecule has 0 aliphatic carbocycles. The van der Waals surface area contributed by atoms with Crippen LogP contribution in [-0.2, 0) is 0 Å². The molecule has 1 N–H and O–H groups in total. The third kappa shape index (κ3) is 1.74. The highest BCUT2D eigenvalue weighted by molar-refractivity contribution is 7.10. The summed E-state index contributed by atoms with van der Waals surface area (Å²) in [5.74, 6) is 1.93. The Morgan fingerprint density at radius 2 is 2.21 bits per heavy atom. The monoisotopic (exact) mass is 207 g/mol.